The van der Waals surface area contributed by atoms with E-state index in [9.17, 15) is 18.0 Å². The van der Waals surface area contributed by atoms with Crippen LogP contribution in [0.1, 0.15) is 15.9 Å². The van der Waals surface area contributed by atoms with Crippen LogP contribution >= 0.6 is 27.5 Å². The summed E-state index contributed by atoms with van der Waals surface area (Å²) in [6.45, 7) is 1.63. The molecule has 0 heterocycles. The largest absolute Gasteiger partial charge is 0.454 e. The molecule has 1 aromatic carbocycles. The minimum atomic E-state index is -4.92. The molecule has 0 spiro atoms. The third-order valence-corrected chi connectivity index (χ3v) is 4.29. The highest BCUT2D eigenvalue weighted by Crippen LogP contribution is 2.27. The predicted octanol–water partition coefficient (Wildman–Crippen LogP) is 0.673. The van der Waals surface area contributed by atoms with Crippen LogP contribution in [-0.4, -0.2) is 27.7 Å². The summed E-state index contributed by atoms with van der Waals surface area (Å²) in [5.41, 5.74) is 0.800. The highest BCUT2D eigenvalue weighted by atomic mass is 79.9. The number of halogens is 5. The maximum Gasteiger partial charge on any atom is 0.454 e. The minimum Gasteiger partial charge on any atom is -0.284 e. The van der Waals surface area contributed by atoms with Gasteiger partial charge in [0.05, 0.1) is 0 Å². The first kappa shape index (κ1) is 14.6. The average Bonchev–Trinajstić information content (AvgIpc) is 2.22. The van der Waals surface area contributed by atoms with E-state index >= 15 is 0 Å². The van der Waals surface area contributed by atoms with Crippen molar-refractivity contribution < 1.29 is 18.0 Å². The molecule has 0 saturated carbocycles. The van der Waals surface area contributed by atoms with Crippen LogP contribution in [0.15, 0.2) is 4.47 Å². The monoisotopic (exact) mass is 324 g/mol. The van der Waals surface area contributed by atoms with Crippen LogP contribution in [0.25, 0.3) is 0 Å². The number of carbonyl (C=O) groups excluding carboxylic acids is 1. The maximum atomic E-state index is 12.4. The molecule has 1 aromatic rings. The molecule has 0 aliphatic carbocycles. The van der Waals surface area contributed by atoms with E-state index in [0.29, 0.717) is 15.5 Å². The lowest BCUT2D eigenvalue weighted by atomic mass is 9.79. The molecule has 0 aliphatic heterocycles. The van der Waals surface area contributed by atoms with E-state index in [4.69, 9.17) is 11.6 Å². The smallest absolute Gasteiger partial charge is 0.284 e. The van der Waals surface area contributed by atoms with Crippen molar-refractivity contribution in [3.63, 3.8) is 0 Å². The quantitative estimate of drug-likeness (QED) is 0.548. The fourth-order valence-corrected chi connectivity index (χ4v) is 2.43. The van der Waals surface area contributed by atoms with Crippen LogP contribution in [0.3, 0.4) is 0 Å². The van der Waals surface area contributed by atoms with E-state index in [1.54, 1.807) is 14.8 Å². The molecule has 0 N–H and O–H groups in total. The highest BCUT2D eigenvalue weighted by Gasteiger charge is 2.41. The van der Waals surface area contributed by atoms with E-state index in [2.05, 4.69) is 15.9 Å². The standard InChI is InChI=1S/C9H7B2BrClF3O/c1-2-4(10)3(8(17)9(14,15)16)7(13)5(11)6(2)12/h10-11H2,1H3. The number of alkyl halides is 3. The SMILES string of the molecule is Bc1c(Cl)c(C(=O)C(F)(F)F)c(B)c(C)c1Br. The van der Waals surface area contributed by atoms with Gasteiger partial charge in [-0.25, -0.2) is 0 Å². The van der Waals surface area contributed by atoms with Crippen molar-refractivity contribution >= 4 is 59.9 Å². The van der Waals surface area contributed by atoms with Crippen molar-refractivity contribution in [3.8, 4) is 0 Å². The third-order valence-electron chi connectivity index (χ3n) is 2.63. The Balaban J connectivity index is 3.62. The second-order valence-corrected chi connectivity index (χ2v) is 4.88. The number of carbonyl (C=O) groups is 1. The Kier molecular flexibility index (Phi) is 4.04. The van der Waals surface area contributed by atoms with E-state index in [1.165, 1.54) is 7.85 Å². The molecule has 0 bridgehead atoms. The first-order chi connectivity index (χ1) is 7.59. The van der Waals surface area contributed by atoms with Crippen molar-refractivity contribution in [2.24, 2.45) is 0 Å². The molecule has 8 heteroatoms. The van der Waals surface area contributed by atoms with E-state index in [-0.39, 0.29) is 10.5 Å². The van der Waals surface area contributed by atoms with Gasteiger partial charge in [-0.2, -0.15) is 13.2 Å². The summed E-state index contributed by atoms with van der Waals surface area (Å²) in [6, 6.07) is 0. The first-order valence-corrected chi connectivity index (χ1v) is 5.82. The molecule has 0 saturated heterocycles. The summed E-state index contributed by atoms with van der Waals surface area (Å²) in [7, 11) is 3.01. The molecule has 1 nitrogen and oxygen atoms in total. The van der Waals surface area contributed by atoms with Gasteiger partial charge in [-0.3, -0.25) is 4.79 Å². The van der Waals surface area contributed by atoms with Crippen LogP contribution in [0.2, 0.25) is 5.02 Å². The molecule has 0 unspecified atom stereocenters. The lowest BCUT2D eigenvalue weighted by Gasteiger charge is -2.16. The topological polar surface area (TPSA) is 17.1 Å². The van der Waals surface area contributed by atoms with E-state index in [0.717, 1.165) is 0 Å². The van der Waals surface area contributed by atoms with E-state index in [1.807, 2.05) is 0 Å². The second-order valence-electron chi connectivity index (χ2n) is 3.70. The van der Waals surface area contributed by atoms with Gasteiger partial charge in [-0.05, 0) is 12.5 Å². The zero-order chi connectivity index (χ0) is 13.5. The van der Waals surface area contributed by atoms with Crippen LogP contribution in [-0.2, 0) is 0 Å². The van der Waals surface area contributed by atoms with Gasteiger partial charge in [0.2, 0.25) is 0 Å². The molecule has 0 atom stereocenters. The maximum absolute atomic E-state index is 12.4. The summed E-state index contributed by atoms with van der Waals surface area (Å²) in [6.07, 6.45) is -4.92. The Labute approximate surface area is 112 Å². The van der Waals surface area contributed by atoms with Gasteiger partial charge in [0.1, 0.15) is 15.7 Å². The molecule has 0 radical (unpaired) electrons. The lowest BCUT2D eigenvalue weighted by Crippen LogP contribution is -2.33. The molecule has 0 fully saturated rings. The normalized spacial score (nSPS) is 11.6. The summed E-state index contributed by atoms with van der Waals surface area (Å²) < 4.78 is 37.9. The zero-order valence-electron chi connectivity index (χ0n) is 9.30. The Bertz CT molecular complexity index is 473. The number of hydrogen-bond acceptors (Lipinski definition) is 1. The molecule has 1 rings (SSSR count). The van der Waals surface area contributed by atoms with Gasteiger partial charge in [-0.15, -0.1) is 0 Å². The number of ketones is 1. The first-order valence-electron chi connectivity index (χ1n) is 4.65. The van der Waals surface area contributed by atoms with Crippen LogP contribution in [0.4, 0.5) is 13.2 Å². The Morgan fingerprint density at radius 2 is 1.76 bits per heavy atom. The van der Waals surface area contributed by atoms with Crippen LogP contribution < -0.4 is 10.9 Å². The molecule has 0 aliphatic rings. The van der Waals surface area contributed by atoms with Gasteiger partial charge < -0.3 is 0 Å². The van der Waals surface area contributed by atoms with Crippen molar-refractivity contribution in [2.45, 2.75) is 13.1 Å². The Morgan fingerprint density at radius 1 is 1.29 bits per heavy atom. The Morgan fingerprint density at radius 3 is 2.18 bits per heavy atom. The number of rotatable bonds is 1. The van der Waals surface area contributed by atoms with Gasteiger partial charge in [0.25, 0.3) is 5.78 Å². The van der Waals surface area contributed by atoms with E-state index < -0.39 is 17.5 Å². The summed E-state index contributed by atoms with van der Waals surface area (Å²) in [5.74, 6) is -1.90. The zero-order valence-corrected chi connectivity index (χ0v) is 11.6. The predicted molar refractivity (Wildman–Crippen MR) is 70.6 cm³/mol. The minimum absolute atomic E-state index is 0.151. The fraction of sp³-hybridized carbons (Fsp3) is 0.222. The van der Waals surface area contributed by atoms with Crippen molar-refractivity contribution in [1.29, 1.82) is 0 Å². The van der Waals surface area contributed by atoms with Crippen molar-refractivity contribution in [1.82, 2.24) is 0 Å². The summed E-state index contributed by atoms with van der Waals surface area (Å²) >= 11 is 9.06. The Hall–Kier alpha value is -0.420. The van der Waals surface area contributed by atoms with Crippen LogP contribution in [0, 0.1) is 6.92 Å². The molecule has 0 aromatic heterocycles. The molecule has 0 amide bonds. The third kappa shape index (κ3) is 2.55. The molecule has 17 heavy (non-hydrogen) atoms. The van der Waals surface area contributed by atoms with Gasteiger partial charge in [0, 0.05) is 15.1 Å². The summed E-state index contributed by atoms with van der Waals surface area (Å²) in [4.78, 5) is 11.3. The molecule has 90 valence electrons. The summed E-state index contributed by atoms with van der Waals surface area (Å²) in [5, 5.41) is -0.151. The molecular weight excluding hydrogens is 318 g/mol. The van der Waals surface area contributed by atoms with Crippen molar-refractivity contribution in [2.75, 3.05) is 0 Å². The number of Topliss-reactive ketones (excluding diaryl/α,β-unsaturated/α-hetero) is 1. The second kappa shape index (κ2) is 4.69. The van der Waals surface area contributed by atoms with Gasteiger partial charge >= 0.3 is 6.18 Å². The highest BCUT2D eigenvalue weighted by molar-refractivity contribution is 9.10. The number of benzene rings is 1. The van der Waals surface area contributed by atoms with Gasteiger partial charge in [-0.1, -0.05) is 38.5 Å². The van der Waals surface area contributed by atoms with Crippen LogP contribution in [0.5, 0.6) is 0 Å². The lowest BCUT2D eigenvalue weighted by molar-refractivity contribution is -0.0884. The average molecular weight is 325 g/mol. The van der Waals surface area contributed by atoms with Gasteiger partial charge in [0.15, 0.2) is 0 Å². The van der Waals surface area contributed by atoms with Crippen molar-refractivity contribution in [3.05, 3.63) is 20.6 Å². The fourth-order valence-electron chi connectivity index (χ4n) is 1.49. The molecular formula is C9H7B2BrClF3O. The number of hydrogen-bond donors (Lipinski definition) is 0.